The topological polar surface area (TPSA) is 37.0 Å². The Kier molecular flexibility index (Phi) is 4.34. The Labute approximate surface area is 116 Å². The fourth-order valence-corrected chi connectivity index (χ4v) is 3.73. The third-order valence-electron chi connectivity index (χ3n) is 4.70. The molecule has 104 valence electrons. The highest BCUT2D eigenvalue weighted by Gasteiger charge is 2.32. The monoisotopic (exact) mass is 259 g/mol. The van der Waals surface area contributed by atoms with Gasteiger partial charge in [0.15, 0.2) is 0 Å². The molecule has 0 radical (unpaired) electrons. The van der Waals surface area contributed by atoms with E-state index in [1.807, 2.05) is 18.5 Å². The van der Waals surface area contributed by atoms with Crippen LogP contribution in [0.15, 0.2) is 24.5 Å². The molecule has 2 aliphatic rings. The Hall–Kier alpha value is -1.09. The maximum atomic E-state index is 4.21. The van der Waals surface area contributed by atoms with Gasteiger partial charge in [-0.1, -0.05) is 19.3 Å². The van der Waals surface area contributed by atoms with Gasteiger partial charge in [-0.05, 0) is 50.3 Å². The minimum atomic E-state index is 0.619. The summed E-state index contributed by atoms with van der Waals surface area (Å²) in [5.41, 5.74) is 1.18. The zero-order valence-electron chi connectivity index (χ0n) is 11.6. The summed E-state index contributed by atoms with van der Waals surface area (Å²) in [5, 5.41) is 7.47. The van der Waals surface area contributed by atoms with Crippen molar-refractivity contribution in [1.29, 1.82) is 0 Å². The van der Waals surface area contributed by atoms with Crippen LogP contribution in [0.5, 0.6) is 0 Å². The SMILES string of the molecule is c1cncc(NC2CCCCC2C2CCCCN2)c1. The first-order chi connectivity index (χ1) is 9.43. The molecule has 2 fully saturated rings. The number of hydrogen-bond donors (Lipinski definition) is 2. The molecule has 1 aromatic heterocycles. The van der Waals surface area contributed by atoms with Gasteiger partial charge in [-0.25, -0.2) is 0 Å². The highest BCUT2D eigenvalue weighted by Crippen LogP contribution is 2.32. The number of pyridine rings is 1. The molecule has 3 rings (SSSR count). The smallest absolute Gasteiger partial charge is 0.0528 e. The Morgan fingerprint density at radius 3 is 2.79 bits per heavy atom. The van der Waals surface area contributed by atoms with Gasteiger partial charge in [-0.2, -0.15) is 0 Å². The Bertz CT molecular complexity index is 373. The number of aromatic nitrogens is 1. The first kappa shape index (κ1) is 12.9. The molecule has 1 aliphatic carbocycles. The lowest BCUT2D eigenvalue weighted by Crippen LogP contribution is -2.48. The molecule has 1 aliphatic heterocycles. The number of nitrogens with zero attached hydrogens (tertiary/aromatic N) is 1. The number of rotatable bonds is 3. The van der Waals surface area contributed by atoms with Crippen molar-refractivity contribution in [1.82, 2.24) is 10.3 Å². The van der Waals surface area contributed by atoms with Crippen LogP contribution in [-0.4, -0.2) is 23.6 Å². The summed E-state index contributed by atoms with van der Waals surface area (Å²) >= 11 is 0. The van der Waals surface area contributed by atoms with Gasteiger partial charge in [0.2, 0.25) is 0 Å². The summed E-state index contributed by atoms with van der Waals surface area (Å²) in [4.78, 5) is 4.21. The Morgan fingerprint density at radius 1 is 1.11 bits per heavy atom. The van der Waals surface area contributed by atoms with Crippen LogP contribution in [0, 0.1) is 5.92 Å². The Morgan fingerprint density at radius 2 is 2.00 bits per heavy atom. The van der Waals surface area contributed by atoms with Crippen molar-refractivity contribution in [2.75, 3.05) is 11.9 Å². The third kappa shape index (κ3) is 3.27. The van der Waals surface area contributed by atoms with Crippen molar-refractivity contribution in [2.45, 2.75) is 57.0 Å². The van der Waals surface area contributed by atoms with Gasteiger partial charge in [-0.3, -0.25) is 4.98 Å². The van der Waals surface area contributed by atoms with Gasteiger partial charge in [0.25, 0.3) is 0 Å². The molecule has 0 spiro atoms. The molecule has 0 aromatic carbocycles. The van der Waals surface area contributed by atoms with Crippen molar-refractivity contribution >= 4 is 5.69 Å². The van der Waals surface area contributed by atoms with E-state index in [9.17, 15) is 0 Å². The van der Waals surface area contributed by atoms with E-state index in [2.05, 4.69) is 21.7 Å². The van der Waals surface area contributed by atoms with Gasteiger partial charge >= 0.3 is 0 Å². The summed E-state index contributed by atoms with van der Waals surface area (Å²) < 4.78 is 0. The summed E-state index contributed by atoms with van der Waals surface area (Å²) in [7, 11) is 0. The second kappa shape index (κ2) is 6.38. The van der Waals surface area contributed by atoms with Crippen LogP contribution >= 0.6 is 0 Å². The summed E-state index contributed by atoms with van der Waals surface area (Å²) in [5.74, 6) is 0.786. The van der Waals surface area contributed by atoms with E-state index in [0.717, 1.165) is 12.0 Å². The maximum Gasteiger partial charge on any atom is 0.0528 e. The van der Waals surface area contributed by atoms with Crippen LogP contribution in [-0.2, 0) is 0 Å². The second-order valence-electron chi connectivity index (χ2n) is 6.00. The van der Waals surface area contributed by atoms with Crippen molar-refractivity contribution in [3.63, 3.8) is 0 Å². The normalized spacial score (nSPS) is 31.9. The third-order valence-corrected chi connectivity index (χ3v) is 4.70. The van der Waals surface area contributed by atoms with E-state index in [1.54, 1.807) is 0 Å². The van der Waals surface area contributed by atoms with Crippen molar-refractivity contribution in [3.8, 4) is 0 Å². The molecule has 1 aromatic rings. The molecule has 0 amide bonds. The Balaban J connectivity index is 1.66. The summed E-state index contributed by atoms with van der Waals surface area (Å²) in [6.45, 7) is 1.21. The fraction of sp³-hybridized carbons (Fsp3) is 0.688. The first-order valence-corrected chi connectivity index (χ1v) is 7.83. The van der Waals surface area contributed by atoms with Crippen molar-refractivity contribution in [2.24, 2.45) is 5.92 Å². The van der Waals surface area contributed by atoms with Gasteiger partial charge < -0.3 is 10.6 Å². The second-order valence-corrected chi connectivity index (χ2v) is 6.00. The van der Waals surface area contributed by atoms with E-state index in [1.165, 1.54) is 57.2 Å². The van der Waals surface area contributed by atoms with Gasteiger partial charge in [0.1, 0.15) is 0 Å². The zero-order chi connectivity index (χ0) is 12.9. The zero-order valence-corrected chi connectivity index (χ0v) is 11.6. The molecule has 3 heteroatoms. The van der Waals surface area contributed by atoms with E-state index < -0.39 is 0 Å². The quantitative estimate of drug-likeness (QED) is 0.875. The average molecular weight is 259 g/mol. The number of nitrogens with one attached hydrogen (secondary N) is 2. The van der Waals surface area contributed by atoms with Crippen LogP contribution in [0.1, 0.15) is 44.9 Å². The molecular weight excluding hydrogens is 234 g/mol. The summed E-state index contributed by atoms with van der Waals surface area (Å²) in [6, 6.07) is 5.49. The van der Waals surface area contributed by atoms with E-state index in [4.69, 9.17) is 0 Å². The lowest BCUT2D eigenvalue weighted by atomic mass is 9.77. The molecule has 1 saturated heterocycles. The first-order valence-electron chi connectivity index (χ1n) is 7.83. The average Bonchev–Trinajstić information content (AvgIpc) is 2.50. The minimum absolute atomic E-state index is 0.619. The molecule has 1 saturated carbocycles. The van der Waals surface area contributed by atoms with Crippen LogP contribution in [0.3, 0.4) is 0 Å². The van der Waals surface area contributed by atoms with Gasteiger partial charge in [0, 0.05) is 24.5 Å². The van der Waals surface area contributed by atoms with E-state index >= 15 is 0 Å². The largest absolute Gasteiger partial charge is 0.381 e. The van der Waals surface area contributed by atoms with Crippen LogP contribution in [0.2, 0.25) is 0 Å². The molecule has 3 nitrogen and oxygen atoms in total. The minimum Gasteiger partial charge on any atom is -0.381 e. The maximum absolute atomic E-state index is 4.21. The van der Waals surface area contributed by atoms with Crippen LogP contribution < -0.4 is 10.6 Å². The highest BCUT2D eigenvalue weighted by atomic mass is 15.0. The summed E-state index contributed by atoms with van der Waals surface area (Å²) in [6.07, 6.45) is 13.3. The molecule has 2 N–H and O–H groups in total. The predicted octanol–water partition coefficient (Wildman–Crippen LogP) is 3.19. The van der Waals surface area contributed by atoms with E-state index in [-0.39, 0.29) is 0 Å². The van der Waals surface area contributed by atoms with E-state index in [0.29, 0.717) is 6.04 Å². The fourth-order valence-electron chi connectivity index (χ4n) is 3.73. The highest BCUT2D eigenvalue weighted by molar-refractivity contribution is 5.41. The number of hydrogen-bond acceptors (Lipinski definition) is 3. The molecular formula is C16H25N3. The number of piperidine rings is 1. The predicted molar refractivity (Wildman–Crippen MR) is 79.2 cm³/mol. The van der Waals surface area contributed by atoms with Crippen LogP contribution in [0.25, 0.3) is 0 Å². The van der Waals surface area contributed by atoms with Crippen molar-refractivity contribution in [3.05, 3.63) is 24.5 Å². The lowest BCUT2D eigenvalue weighted by molar-refractivity contribution is 0.217. The molecule has 3 unspecified atom stereocenters. The van der Waals surface area contributed by atoms with Gasteiger partial charge in [0.05, 0.1) is 5.69 Å². The molecule has 2 heterocycles. The lowest BCUT2D eigenvalue weighted by Gasteiger charge is -2.40. The van der Waals surface area contributed by atoms with Gasteiger partial charge in [-0.15, -0.1) is 0 Å². The standard InChI is InChI=1S/C16H25N3/c1-2-9-16(19-13-6-5-10-17-12-13)14(7-1)15-8-3-4-11-18-15/h5-6,10,12,14-16,18-19H,1-4,7-9,11H2. The molecule has 3 atom stereocenters. The van der Waals surface area contributed by atoms with Crippen LogP contribution in [0.4, 0.5) is 5.69 Å². The molecule has 19 heavy (non-hydrogen) atoms. The molecule has 0 bridgehead atoms. The number of anilines is 1. The van der Waals surface area contributed by atoms with Crippen molar-refractivity contribution < 1.29 is 0 Å².